The summed E-state index contributed by atoms with van der Waals surface area (Å²) >= 11 is 1.53. The van der Waals surface area contributed by atoms with Gasteiger partial charge >= 0.3 is 0 Å². The first-order valence-corrected chi connectivity index (χ1v) is 6.63. The van der Waals surface area contributed by atoms with E-state index in [1.807, 2.05) is 18.4 Å². The zero-order chi connectivity index (χ0) is 14.1. The third-order valence-corrected chi connectivity index (χ3v) is 3.18. The van der Waals surface area contributed by atoms with E-state index in [9.17, 15) is 9.59 Å². The SMILES string of the molecule is COCCNC(=O)CC(=O)N/N=C\c1sccc1C. The van der Waals surface area contributed by atoms with Crippen LogP contribution in [0.2, 0.25) is 0 Å². The van der Waals surface area contributed by atoms with Gasteiger partial charge in [0.15, 0.2) is 0 Å². The van der Waals surface area contributed by atoms with Crippen molar-refractivity contribution in [2.45, 2.75) is 13.3 Å². The Labute approximate surface area is 115 Å². The number of carbonyl (C=O) groups excluding carboxylic acids is 2. The van der Waals surface area contributed by atoms with Gasteiger partial charge in [-0.1, -0.05) is 0 Å². The molecule has 0 bridgehead atoms. The van der Waals surface area contributed by atoms with Crippen LogP contribution in [0.3, 0.4) is 0 Å². The van der Waals surface area contributed by atoms with E-state index in [1.54, 1.807) is 13.3 Å². The van der Waals surface area contributed by atoms with Crippen molar-refractivity contribution in [2.75, 3.05) is 20.3 Å². The Balaban J connectivity index is 2.26. The summed E-state index contributed by atoms with van der Waals surface area (Å²) in [5.74, 6) is -0.794. The molecule has 104 valence electrons. The number of ether oxygens (including phenoxy) is 1. The first kappa shape index (κ1) is 15.3. The molecule has 2 N–H and O–H groups in total. The molecule has 1 heterocycles. The van der Waals surface area contributed by atoms with E-state index in [1.165, 1.54) is 11.3 Å². The van der Waals surface area contributed by atoms with Crippen LogP contribution in [0.1, 0.15) is 16.9 Å². The minimum atomic E-state index is -0.444. The topological polar surface area (TPSA) is 79.8 Å². The first-order valence-electron chi connectivity index (χ1n) is 5.75. The number of thiophene rings is 1. The maximum Gasteiger partial charge on any atom is 0.249 e. The van der Waals surface area contributed by atoms with Crippen molar-refractivity contribution in [3.8, 4) is 0 Å². The standard InChI is InChI=1S/C12H17N3O3S/c1-9-3-6-19-10(9)8-14-15-12(17)7-11(16)13-4-5-18-2/h3,6,8H,4-5,7H2,1-2H3,(H,13,16)(H,15,17)/b14-8-. The van der Waals surface area contributed by atoms with Gasteiger partial charge in [0.1, 0.15) is 6.42 Å². The molecule has 0 saturated carbocycles. The number of nitrogens with zero attached hydrogens (tertiary/aromatic N) is 1. The van der Waals surface area contributed by atoms with Gasteiger partial charge in [-0.2, -0.15) is 5.10 Å². The van der Waals surface area contributed by atoms with Crippen molar-refractivity contribution in [1.29, 1.82) is 0 Å². The van der Waals surface area contributed by atoms with Gasteiger partial charge in [-0.25, -0.2) is 5.43 Å². The molecule has 0 atom stereocenters. The van der Waals surface area contributed by atoms with Crippen LogP contribution in [-0.2, 0) is 14.3 Å². The lowest BCUT2D eigenvalue weighted by molar-refractivity contribution is -0.129. The fourth-order valence-corrected chi connectivity index (χ4v) is 2.01. The van der Waals surface area contributed by atoms with E-state index in [4.69, 9.17) is 4.74 Å². The number of hydrogen-bond acceptors (Lipinski definition) is 5. The van der Waals surface area contributed by atoms with Crippen molar-refractivity contribution in [3.63, 3.8) is 0 Å². The Morgan fingerprint density at radius 2 is 2.26 bits per heavy atom. The summed E-state index contributed by atoms with van der Waals surface area (Å²) < 4.78 is 4.78. The summed E-state index contributed by atoms with van der Waals surface area (Å²) in [7, 11) is 1.54. The lowest BCUT2D eigenvalue weighted by Crippen LogP contribution is -2.31. The van der Waals surface area contributed by atoms with Gasteiger partial charge in [0.25, 0.3) is 0 Å². The second kappa shape index (κ2) is 8.39. The quantitative estimate of drug-likeness (QED) is 0.334. The third kappa shape index (κ3) is 6.12. The van der Waals surface area contributed by atoms with E-state index in [0.29, 0.717) is 13.2 Å². The number of hydrazone groups is 1. The average molecular weight is 283 g/mol. The summed E-state index contributed by atoms with van der Waals surface area (Å²) in [5, 5.41) is 8.30. The van der Waals surface area contributed by atoms with Crippen LogP contribution < -0.4 is 10.7 Å². The van der Waals surface area contributed by atoms with E-state index in [-0.39, 0.29) is 12.3 Å². The number of carbonyl (C=O) groups is 2. The van der Waals surface area contributed by atoms with Crippen LogP contribution in [0.4, 0.5) is 0 Å². The molecule has 0 unspecified atom stereocenters. The summed E-state index contributed by atoms with van der Waals surface area (Å²) in [6, 6.07) is 1.97. The highest BCUT2D eigenvalue weighted by molar-refractivity contribution is 7.11. The highest BCUT2D eigenvalue weighted by Gasteiger charge is 2.07. The average Bonchev–Trinajstić information content (AvgIpc) is 2.75. The molecular weight excluding hydrogens is 266 g/mol. The monoisotopic (exact) mass is 283 g/mol. The minimum Gasteiger partial charge on any atom is -0.383 e. The van der Waals surface area contributed by atoms with Crippen molar-refractivity contribution < 1.29 is 14.3 Å². The lowest BCUT2D eigenvalue weighted by Gasteiger charge is -2.03. The van der Waals surface area contributed by atoms with Crippen LogP contribution in [0.25, 0.3) is 0 Å². The Morgan fingerprint density at radius 3 is 2.89 bits per heavy atom. The summed E-state index contributed by atoms with van der Waals surface area (Å²) in [5.41, 5.74) is 3.41. The second-order valence-corrected chi connectivity index (χ2v) is 4.73. The largest absolute Gasteiger partial charge is 0.383 e. The summed E-state index contributed by atoms with van der Waals surface area (Å²) in [6.07, 6.45) is 1.32. The number of hydrogen-bond donors (Lipinski definition) is 2. The van der Waals surface area contributed by atoms with Gasteiger partial charge in [-0.05, 0) is 23.9 Å². The highest BCUT2D eigenvalue weighted by Crippen LogP contribution is 2.12. The molecule has 0 aromatic carbocycles. The van der Waals surface area contributed by atoms with Crippen LogP contribution in [0, 0.1) is 6.92 Å². The molecule has 0 saturated heterocycles. The molecule has 0 aliphatic heterocycles. The Morgan fingerprint density at radius 1 is 1.47 bits per heavy atom. The molecule has 1 aromatic rings. The summed E-state index contributed by atoms with van der Waals surface area (Å²) in [6.45, 7) is 2.77. The van der Waals surface area contributed by atoms with Crippen molar-refractivity contribution in [2.24, 2.45) is 5.10 Å². The van der Waals surface area contributed by atoms with Crippen molar-refractivity contribution in [3.05, 3.63) is 21.9 Å². The number of amides is 2. The molecule has 0 radical (unpaired) electrons. The molecule has 2 amide bonds. The maximum absolute atomic E-state index is 11.4. The Kier molecular flexibility index (Phi) is 6.76. The minimum absolute atomic E-state index is 0.246. The smallest absolute Gasteiger partial charge is 0.249 e. The molecule has 0 fully saturated rings. The van der Waals surface area contributed by atoms with Gasteiger partial charge in [0, 0.05) is 18.5 Å². The van der Waals surface area contributed by atoms with Crippen LogP contribution in [-0.4, -0.2) is 38.3 Å². The zero-order valence-electron chi connectivity index (χ0n) is 10.9. The predicted octanol–water partition coefficient (Wildman–Crippen LogP) is 0.659. The van der Waals surface area contributed by atoms with E-state index in [2.05, 4.69) is 15.8 Å². The van der Waals surface area contributed by atoms with E-state index in [0.717, 1.165) is 10.4 Å². The van der Waals surface area contributed by atoms with Gasteiger partial charge in [-0.3, -0.25) is 9.59 Å². The summed E-state index contributed by atoms with van der Waals surface area (Å²) in [4.78, 5) is 23.7. The molecule has 6 nitrogen and oxygen atoms in total. The van der Waals surface area contributed by atoms with Gasteiger partial charge in [0.05, 0.1) is 12.8 Å². The maximum atomic E-state index is 11.4. The highest BCUT2D eigenvalue weighted by atomic mass is 32.1. The molecule has 7 heteroatoms. The number of methoxy groups -OCH3 is 1. The molecule has 1 aromatic heterocycles. The van der Waals surface area contributed by atoms with Gasteiger partial charge in [-0.15, -0.1) is 11.3 Å². The Bertz CT molecular complexity index is 457. The first-order chi connectivity index (χ1) is 9.13. The molecule has 0 aliphatic carbocycles. The van der Waals surface area contributed by atoms with Crippen molar-refractivity contribution >= 4 is 29.4 Å². The molecule has 0 spiro atoms. The molecule has 0 aliphatic rings. The predicted molar refractivity (Wildman–Crippen MR) is 74.3 cm³/mol. The van der Waals surface area contributed by atoms with Crippen LogP contribution >= 0.6 is 11.3 Å². The number of aryl methyl sites for hydroxylation is 1. The van der Waals surface area contributed by atoms with Gasteiger partial charge < -0.3 is 10.1 Å². The van der Waals surface area contributed by atoms with E-state index < -0.39 is 5.91 Å². The fraction of sp³-hybridized carbons (Fsp3) is 0.417. The van der Waals surface area contributed by atoms with Crippen LogP contribution in [0.5, 0.6) is 0 Å². The second-order valence-electron chi connectivity index (χ2n) is 3.78. The van der Waals surface area contributed by atoms with Gasteiger partial charge in [0.2, 0.25) is 11.8 Å². The number of nitrogens with one attached hydrogen (secondary N) is 2. The van der Waals surface area contributed by atoms with E-state index >= 15 is 0 Å². The fourth-order valence-electron chi connectivity index (χ4n) is 1.22. The molecule has 1 rings (SSSR count). The number of rotatable bonds is 7. The van der Waals surface area contributed by atoms with Crippen molar-refractivity contribution in [1.82, 2.24) is 10.7 Å². The third-order valence-electron chi connectivity index (χ3n) is 2.22. The van der Waals surface area contributed by atoms with Crippen LogP contribution in [0.15, 0.2) is 16.5 Å². The Hall–Kier alpha value is -1.73. The zero-order valence-corrected chi connectivity index (χ0v) is 11.8. The molecule has 19 heavy (non-hydrogen) atoms. The normalized spacial score (nSPS) is 10.6. The lowest BCUT2D eigenvalue weighted by atomic mass is 10.3. The molecular formula is C12H17N3O3S.